The van der Waals surface area contributed by atoms with Gasteiger partial charge in [0.1, 0.15) is 11.6 Å². The van der Waals surface area contributed by atoms with E-state index in [2.05, 4.69) is 20.8 Å². The summed E-state index contributed by atoms with van der Waals surface area (Å²) in [5, 5.41) is 13.3. The summed E-state index contributed by atoms with van der Waals surface area (Å²) in [5.41, 5.74) is 0.973. The van der Waals surface area contributed by atoms with Gasteiger partial charge in [0, 0.05) is 11.3 Å². The molecule has 2 N–H and O–H groups in total. The predicted octanol–water partition coefficient (Wildman–Crippen LogP) is 3.75. The Kier molecular flexibility index (Phi) is 4.42. The molecule has 0 aliphatic rings. The summed E-state index contributed by atoms with van der Waals surface area (Å²) in [7, 11) is 0. The van der Waals surface area contributed by atoms with Crippen LogP contribution in [-0.4, -0.2) is 16.1 Å². The number of amides is 1. The second-order valence-corrected chi connectivity index (χ2v) is 4.90. The Morgan fingerprint density at radius 1 is 0.750 bits per heavy atom. The van der Waals surface area contributed by atoms with E-state index in [4.69, 9.17) is 0 Å². The third kappa shape index (κ3) is 3.89. The summed E-state index contributed by atoms with van der Waals surface area (Å²) in [4.78, 5) is 12.0. The van der Waals surface area contributed by atoms with Crippen molar-refractivity contribution in [3.8, 4) is 0 Å². The van der Waals surface area contributed by atoms with E-state index in [1.807, 2.05) is 0 Å². The van der Waals surface area contributed by atoms with Crippen molar-refractivity contribution in [1.82, 2.24) is 10.2 Å². The number of rotatable bonds is 4. The molecule has 0 radical (unpaired) electrons. The summed E-state index contributed by atoms with van der Waals surface area (Å²) >= 11 is 0. The highest BCUT2D eigenvalue weighted by atomic mass is 19.1. The minimum absolute atomic E-state index is 0.258. The van der Waals surface area contributed by atoms with E-state index >= 15 is 0 Å². The zero-order valence-corrected chi connectivity index (χ0v) is 12.3. The molecule has 3 aromatic rings. The Morgan fingerprint density at radius 3 is 1.88 bits per heavy atom. The third-order valence-electron chi connectivity index (χ3n) is 3.13. The van der Waals surface area contributed by atoms with Crippen molar-refractivity contribution in [3.63, 3.8) is 0 Å². The normalized spacial score (nSPS) is 10.2. The maximum Gasteiger partial charge on any atom is 0.256 e. The number of hydrogen-bond acceptors (Lipinski definition) is 4. The summed E-state index contributed by atoms with van der Waals surface area (Å²) in [6.45, 7) is 0. The van der Waals surface area contributed by atoms with Gasteiger partial charge in [0.05, 0.1) is 0 Å². The van der Waals surface area contributed by atoms with E-state index in [9.17, 15) is 13.6 Å². The second-order valence-electron chi connectivity index (χ2n) is 4.90. The maximum absolute atomic E-state index is 12.8. The summed E-state index contributed by atoms with van der Waals surface area (Å²) < 4.78 is 25.7. The van der Waals surface area contributed by atoms with Crippen LogP contribution in [0.5, 0.6) is 0 Å². The fourth-order valence-electron chi connectivity index (χ4n) is 1.94. The molecule has 24 heavy (non-hydrogen) atoms. The van der Waals surface area contributed by atoms with Crippen LogP contribution in [-0.2, 0) is 0 Å². The van der Waals surface area contributed by atoms with Crippen molar-refractivity contribution in [2.75, 3.05) is 10.6 Å². The molecular formula is C17H12F2N4O. The zero-order chi connectivity index (χ0) is 16.9. The van der Waals surface area contributed by atoms with Gasteiger partial charge in [-0.1, -0.05) is 0 Å². The molecule has 0 saturated heterocycles. The molecule has 1 heterocycles. The largest absolute Gasteiger partial charge is 0.339 e. The fourth-order valence-corrected chi connectivity index (χ4v) is 1.94. The molecule has 5 nitrogen and oxygen atoms in total. The van der Waals surface area contributed by atoms with Crippen molar-refractivity contribution in [2.45, 2.75) is 0 Å². The van der Waals surface area contributed by atoms with E-state index < -0.39 is 11.7 Å². The molecule has 7 heteroatoms. The fraction of sp³-hybridized carbons (Fsp3) is 0. The predicted molar refractivity (Wildman–Crippen MR) is 86.1 cm³/mol. The molecule has 1 amide bonds. The average molecular weight is 326 g/mol. The van der Waals surface area contributed by atoms with E-state index in [-0.39, 0.29) is 11.6 Å². The van der Waals surface area contributed by atoms with Gasteiger partial charge >= 0.3 is 0 Å². The van der Waals surface area contributed by atoms with Crippen LogP contribution in [0.15, 0.2) is 60.7 Å². The Hall–Kier alpha value is -3.35. The molecule has 0 atom stereocenters. The summed E-state index contributed by atoms with van der Waals surface area (Å²) in [6, 6.07) is 14.1. The van der Waals surface area contributed by atoms with Crippen LogP contribution < -0.4 is 10.6 Å². The topological polar surface area (TPSA) is 66.9 Å². The first kappa shape index (κ1) is 15.5. The van der Waals surface area contributed by atoms with Crippen molar-refractivity contribution in [3.05, 3.63) is 77.9 Å². The molecular weight excluding hydrogens is 314 g/mol. The van der Waals surface area contributed by atoms with Crippen LogP contribution in [0.25, 0.3) is 0 Å². The Bertz CT molecular complexity index is 834. The van der Waals surface area contributed by atoms with E-state index in [1.54, 1.807) is 24.3 Å². The first-order chi connectivity index (χ1) is 11.6. The van der Waals surface area contributed by atoms with Crippen LogP contribution in [0.2, 0.25) is 0 Å². The highest BCUT2D eigenvalue weighted by molar-refractivity contribution is 6.03. The maximum atomic E-state index is 12.8. The van der Waals surface area contributed by atoms with Crippen molar-refractivity contribution < 1.29 is 13.6 Å². The van der Waals surface area contributed by atoms with Gasteiger partial charge in [-0.2, -0.15) is 0 Å². The molecule has 0 aliphatic heterocycles. The second kappa shape index (κ2) is 6.82. The molecule has 0 bridgehead atoms. The molecule has 0 saturated carbocycles. The van der Waals surface area contributed by atoms with Gasteiger partial charge in [-0.25, -0.2) is 8.78 Å². The Balaban J connectivity index is 1.64. The van der Waals surface area contributed by atoms with Crippen molar-refractivity contribution >= 4 is 23.2 Å². The molecule has 0 fully saturated rings. The number of carbonyl (C=O) groups excluding carboxylic acids is 1. The van der Waals surface area contributed by atoms with E-state index in [0.29, 0.717) is 17.1 Å². The lowest BCUT2D eigenvalue weighted by atomic mass is 10.2. The Morgan fingerprint density at radius 2 is 1.29 bits per heavy atom. The summed E-state index contributed by atoms with van der Waals surface area (Å²) in [6.07, 6.45) is 0. The molecule has 1 aromatic heterocycles. The Labute approximate surface area is 136 Å². The van der Waals surface area contributed by atoms with Gasteiger partial charge in [-0.05, 0) is 60.7 Å². The van der Waals surface area contributed by atoms with Crippen molar-refractivity contribution in [1.29, 1.82) is 0 Å². The van der Waals surface area contributed by atoms with Crippen LogP contribution in [0.4, 0.5) is 26.1 Å². The third-order valence-corrected chi connectivity index (χ3v) is 3.13. The first-order valence-corrected chi connectivity index (χ1v) is 7.03. The molecule has 2 aromatic carbocycles. The van der Waals surface area contributed by atoms with Gasteiger partial charge in [-0.3, -0.25) is 4.79 Å². The molecule has 0 spiro atoms. The van der Waals surface area contributed by atoms with Gasteiger partial charge in [0.15, 0.2) is 11.6 Å². The van der Waals surface area contributed by atoms with Gasteiger partial charge in [0.25, 0.3) is 5.91 Å². The van der Waals surface area contributed by atoms with Crippen LogP contribution in [0.1, 0.15) is 10.4 Å². The lowest BCUT2D eigenvalue weighted by Crippen LogP contribution is -2.13. The minimum atomic E-state index is -0.414. The number of aromatic nitrogens is 2. The molecule has 0 unspecified atom stereocenters. The van der Waals surface area contributed by atoms with Crippen molar-refractivity contribution in [2.24, 2.45) is 0 Å². The zero-order valence-electron chi connectivity index (χ0n) is 12.3. The number of nitrogens with one attached hydrogen (secondary N) is 2. The number of carbonyl (C=O) groups is 1. The van der Waals surface area contributed by atoms with Gasteiger partial charge < -0.3 is 10.6 Å². The standard InChI is InChI=1S/C17H12F2N4O/c18-12-3-1-11(2-4-12)17(24)21-16-10-9-15(22-23-16)20-14-7-5-13(19)6-8-14/h1-10H,(H,20,22)(H,21,23,24). The SMILES string of the molecule is O=C(Nc1ccc(Nc2ccc(F)cc2)nn1)c1ccc(F)cc1. The summed E-state index contributed by atoms with van der Waals surface area (Å²) in [5.74, 6) is -0.452. The van der Waals surface area contributed by atoms with Crippen LogP contribution >= 0.6 is 0 Å². The number of nitrogens with zero attached hydrogens (tertiary/aromatic N) is 2. The van der Waals surface area contributed by atoms with Gasteiger partial charge in [0.2, 0.25) is 0 Å². The minimum Gasteiger partial charge on any atom is -0.339 e. The van der Waals surface area contributed by atoms with E-state index in [1.165, 1.54) is 36.4 Å². The lowest BCUT2D eigenvalue weighted by molar-refractivity contribution is 0.102. The smallest absolute Gasteiger partial charge is 0.256 e. The highest BCUT2D eigenvalue weighted by Gasteiger charge is 2.07. The average Bonchev–Trinajstić information content (AvgIpc) is 2.59. The number of anilines is 3. The quantitative estimate of drug-likeness (QED) is 0.766. The van der Waals surface area contributed by atoms with Gasteiger partial charge in [-0.15, -0.1) is 10.2 Å². The number of halogens is 2. The monoisotopic (exact) mass is 326 g/mol. The van der Waals surface area contributed by atoms with Crippen LogP contribution in [0, 0.1) is 11.6 Å². The van der Waals surface area contributed by atoms with E-state index in [0.717, 1.165) is 0 Å². The number of hydrogen-bond donors (Lipinski definition) is 2. The van der Waals surface area contributed by atoms with Crippen LogP contribution in [0.3, 0.4) is 0 Å². The number of benzene rings is 2. The first-order valence-electron chi connectivity index (χ1n) is 7.03. The molecule has 0 aliphatic carbocycles. The molecule has 120 valence electrons. The lowest BCUT2D eigenvalue weighted by Gasteiger charge is -2.07. The highest BCUT2D eigenvalue weighted by Crippen LogP contribution is 2.15. The molecule has 3 rings (SSSR count).